The molecule has 0 atom stereocenters. The van der Waals surface area contributed by atoms with Crippen LogP contribution in [0.25, 0.3) is 0 Å². The number of ether oxygens (including phenoxy) is 1. The number of nitrogens with zero attached hydrogens (tertiary/aromatic N) is 1. The summed E-state index contributed by atoms with van der Waals surface area (Å²) in [6.45, 7) is 11.4. The van der Waals surface area contributed by atoms with Crippen LogP contribution in [0.2, 0.25) is 0 Å². The molecule has 0 aliphatic heterocycles. The van der Waals surface area contributed by atoms with E-state index in [1.165, 1.54) is 12.1 Å². The van der Waals surface area contributed by atoms with Gasteiger partial charge in [0, 0.05) is 5.56 Å². The van der Waals surface area contributed by atoms with Crippen LogP contribution in [0.4, 0.5) is 0 Å². The van der Waals surface area contributed by atoms with E-state index in [1.54, 1.807) is 6.07 Å². The molecule has 0 aromatic heterocycles. The molecule has 5 heteroatoms. The molecule has 0 radical (unpaired) electrons. The number of methoxy groups -OCH3 is 1. The van der Waals surface area contributed by atoms with Crippen molar-refractivity contribution in [3.8, 4) is 5.75 Å². The van der Waals surface area contributed by atoms with Crippen molar-refractivity contribution < 1.29 is 14.3 Å². The van der Waals surface area contributed by atoms with Gasteiger partial charge in [-0.25, -0.2) is 5.01 Å². The molecule has 0 fully saturated rings. The average molecular weight is 368 g/mol. The summed E-state index contributed by atoms with van der Waals surface area (Å²) in [5.41, 5.74) is 5.92. The fraction of sp³-hybridized carbons (Fsp3) is 0.364. The third kappa shape index (κ3) is 4.67. The minimum Gasteiger partial charge on any atom is -0.496 e. The normalized spacial score (nSPS) is 11.1. The number of rotatable bonds is 3. The number of aryl methyl sites for hydroxylation is 3. The first-order chi connectivity index (χ1) is 12.5. The highest BCUT2D eigenvalue weighted by atomic mass is 16.5. The second-order valence-electron chi connectivity index (χ2n) is 7.78. The van der Waals surface area contributed by atoms with Gasteiger partial charge in [-0.05, 0) is 65.3 Å². The minimum absolute atomic E-state index is 0.254. The third-order valence-electron chi connectivity index (χ3n) is 4.24. The molecule has 2 amide bonds. The lowest BCUT2D eigenvalue weighted by Crippen LogP contribution is -2.56. The highest BCUT2D eigenvalue weighted by Crippen LogP contribution is 2.23. The fourth-order valence-corrected chi connectivity index (χ4v) is 3.01. The van der Waals surface area contributed by atoms with Gasteiger partial charge in [-0.2, -0.15) is 0 Å². The van der Waals surface area contributed by atoms with E-state index in [2.05, 4.69) is 5.43 Å². The Morgan fingerprint density at radius 1 is 1.00 bits per heavy atom. The molecule has 0 saturated heterocycles. The van der Waals surface area contributed by atoms with Crippen LogP contribution in [-0.2, 0) is 0 Å². The van der Waals surface area contributed by atoms with E-state index in [1.807, 2.05) is 71.9 Å². The number of benzene rings is 2. The van der Waals surface area contributed by atoms with Crippen molar-refractivity contribution in [2.45, 2.75) is 47.1 Å². The van der Waals surface area contributed by atoms with Crippen LogP contribution in [0.15, 0.2) is 36.4 Å². The predicted molar refractivity (Wildman–Crippen MR) is 107 cm³/mol. The van der Waals surface area contributed by atoms with Gasteiger partial charge < -0.3 is 4.74 Å². The second kappa shape index (κ2) is 7.82. The summed E-state index contributed by atoms with van der Waals surface area (Å²) < 4.78 is 5.33. The van der Waals surface area contributed by atoms with Gasteiger partial charge in [-0.3, -0.25) is 15.0 Å². The molecule has 27 heavy (non-hydrogen) atoms. The Labute approximate surface area is 161 Å². The zero-order valence-corrected chi connectivity index (χ0v) is 17.1. The van der Waals surface area contributed by atoms with Crippen LogP contribution in [0.5, 0.6) is 5.75 Å². The number of hydrazine groups is 1. The average Bonchev–Trinajstić information content (AvgIpc) is 2.56. The van der Waals surface area contributed by atoms with Crippen molar-refractivity contribution >= 4 is 11.8 Å². The molecule has 5 nitrogen and oxygen atoms in total. The molecule has 0 bridgehead atoms. The Morgan fingerprint density at radius 2 is 1.59 bits per heavy atom. The number of carbonyl (C=O) groups excluding carboxylic acids is 2. The van der Waals surface area contributed by atoms with E-state index < -0.39 is 5.54 Å². The Hall–Kier alpha value is -2.82. The van der Waals surface area contributed by atoms with Crippen LogP contribution >= 0.6 is 0 Å². The van der Waals surface area contributed by atoms with Crippen LogP contribution in [0.3, 0.4) is 0 Å². The maximum atomic E-state index is 13.2. The van der Waals surface area contributed by atoms with E-state index in [0.717, 1.165) is 16.7 Å². The summed E-state index contributed by atoms with van der Waals surface area (Å²) in [6.07, 6.45) is 0. The topological polar surface area (TPSA) is 58.6 Å². The highest BCUT2D eigenvalue weighted by molar-refractivity contribution is 6.01. The number of nitrogens with one attached hydrogen (secondary N) is 1. The van der Waals surface area contributed by atoms with Crippen molar-refractivity contribution in [2.75, 3.05) is 7.11 Å². The lowest BCUT2D eigenvalue weighted by Gasteiger charge is -2.36. The van der Waals surface area contributed by atoms with Gasteiger partial charge in [-0.1, -0.05) is 29.3 Å². The molecule has 2 aromatic rings. The quantitative estimate of drug-likeness (QED) is 0.826. The smallest absolute Gasteiger partial charge is 0.273 e. The molecule has 144 valence electrons. The van der Waals surface area contributed by atoms with Crippen molar-refractivity contribution in [1.82, 2.24) is 10.4 Å². The highest BCUT2D eigenvalue weighted by Gasteiger charge is 2.31. The van der Waals surface area contributed by atoms with Crippen molar-refractivity contribution in [3.63, 3.8) is 0 Å². The number of hydrogen-bond donors (Lipinski definition) is 1. The van der Waals surface area contributed by atoms with Gasteiger partial charge in [0.1, 0.15) is 5.75 Å². The van der Waals surface area contributed by atoms with Crippen LogP contribution in [0.1, 0.15) is 58.2 Å². The summed E-state index contributed by atoms with van der Waals surface area (Å²) in [4.78, 5) is 26.2. The van der Waals surface area contributed by atoms with Gasteiger partial charge in [0.15, 0.2) is 0 Å². The van der Waals surface area contributed by atoms with E-state index in [-0.39, 0.29) is 11.8 Å². The van der Waals surface area contributed by atoms with E-state index in [4.69, 9.17) is 4.74 Å². The summed E-state index contributed by atoms with van der Waals surface area (Å²) in [5, 5.41) is 1.38. The lowest BCUT2D eigenvalue weighted by atomic mass is 10.0. The minimum atomic E-state index is -0.611. The molecule has 0 unspecified atom stereocenters. The van der Waals surface area contributed by atoms with E-state index in [0.29, 0.717) is 16.9 Å². The number of amides is 2. The summed E-state index contributed by atoms with van der Waals surface area (Å²) in [7, 11) is 1.52. The molecule has 1 N–H and O–H groups in total. The summed E-state index contributed by atoms with van der Waals surface area (Å²) in [6, 6.07) is 11.1. The zero-order valence-electron chi connectivity index (χ0n) is 17.1. The van der Waals surface area contributed by atoms with Crippen LogP contribution < -0.4 is 10.2 Å². The molecule has 0 aliphatic rings. The Morgan fingerprint density at radius 3 is 2.11 bits per heavy atom. The molecule has 0 saturated carbocycles. The van der Waals surface area contributed by atoms with Crippen molar-refractivity contribution in [2.24, 2.45) is 0 Å². The van der Waals surface area contributed by atoms with Crippen molar-refractivity contribution in [1.29, 1.82) is 0 Å². The van der Waals surface area contributed by atoms with Gasteiger partial charge in [-0.15, -0.1) is 0 Å². The lowest BCUT2D eigenvalue weighted by molar-refractivity contribution is 0.0357. The Balaban J connectivity index is 2.41. The Kier molecular flexibility index (Phi) is 5.94. The van der Waals surface area contributed by atoms with Crippen LogP contribution in [0, 0.1) is 20.8 Å². The molecule has 2 aromatic carbocycles. The zero-order chi connectivity index (χ0) is 20.4. The van der Waals surface area contributed by atoms with Gasteiger partial charge in [0.2, 0.25) is 0 Å². The first-order valence-corrected chi connectivity index (χ1v) is 8.92. The first-order valence-electron chi connectivity index (χ1n) is 8.92. The number of hydrogen-bond acceptors (Lipinski definition) is 3. The molecule has 2 rings (SSSR count). The predicted octanol–water partition coefficient (Wildman–Crippen LogP) is 4.21. The maximum absolute atomic E-state index is 13.2. The van der Waals surface area contributed by atoms with Gasteiger partial charge in [0.25, 0.3) is 11.8 Å². The molecule has 0 heterocycles. The molecular weight excluding hydrogens is 340 g/mol. The third-order valence-corrected chi connectivity index (χ3v) is 4.24. The molecule has 0 spiro atoms. The van der Waals surface area contributed by atoms with E-state index in [9.17, 15) is 9.59 Å². The first kappa shape index (κ1) is 20.5. The monoisotopic (exact) mass is 368 g/mol. The SMILES string of the molecule is COc1cccc(C)c1C(=O)NN(C(=O)c1cc(C)cc(C)c1)C(C)(C)C. The Bertz CT molecular complexity index is 846. The summed E-state index contributed by atoms with van der Waals surface area (Å²) in [5.74, 6) is -0.159. The molecule has 0 aliphatic carbocycles. The van der Waals surface area contributed by atoms with Crippen molar-refractivity contribution in [3.05, 3.63) is 64.2 Å². The maximum Gasteiger partial charge on any atom is 0.273 e. The molecular formula is C22H28N2O3. The number of carbonyl (C=O) groups is 2. The summed E-state index contributed by atoms with van der Waals surface area (Å²) >= 11 is 0. The fourth-order valence-electron chi connectivity index (χ4n) is 3.01. The second-order valence-corrected chi connectivity index (χ2v) is 7.78. The van der Waals surface area contributed by atoms with Gasteiger partial charge in [0.05, 0.1) is 18.2 Å². The standard InChI is InChI=1S/C22H28N2O3/c1-14-11-15(2)13-17(12-14)21(26)24(22(4,5)6)23-20(25)19-16(3)9-8-10-18(19)27-7/h8-13H,1-7H3,(H,23,25). The largest absolute Gasteiger partial charge is 0.496 e. The van der Waals surface area contributed by atoms with E-state index >= 15 is 0 Å². The van der Waals surface area contributed by atoms with Gasteiger partial charge >= 0.3 is 0 Å². The van der Waals surface area contributed by atoms with Crippen LogP contribution in [-0.4, -0.2) is 29.5 Å².